The molecule has 7 nitrogen and oxygen atoms in total. The van der Waals surface area contributed by atoms with Crippen LogP contribution in [0.2, 0.25) is 0 Å². The van der Waals surface area contributed by atoms with Crippen LogP contribution in [0.25, 0.3) is 0 Å². The van der Waals surface area contributed by atoms with Crippen LogP contribution in [-0.4, -0.2) is 16.6 Å². The van der Waals surface area contributed by atoms with Crippen molar-refractivity contribution in [2.24, 2.45) is 0 Å². The molecule has 0 saturated carbocycles. The molecule has 0 atom stereocenters. The van der Waals surface area contributed by atoms with E-state index in [-0.39, 0.29) is 29.3 Å². The molecule has 0 unspecified atom stereocenters. The Balaban J connectivity index is 2.96. The van der Waals surface area contributed by atoms with Gasteiger partial charge in [0.1, 0.15) is 11.5 Å². The number of nitro benzene ring substituents is 1. The highest BCUT2D eigenvalue weighted by Gasteiger charge is 2.16. The van der Waals surface area contributed by atoms with E-state index in [9.17, 15) is 19.7 Å². The Hall–Kier alpha value is -2.44. The van der Waals surface area contributed by atoms with Crippen LogP contribution in [0.15, 0.2) is 18.2 Å². The fraction of sp³-hybridized carbons (Fsp3) is 0.200. The summed E-state index contributed by atoms with van der Waals surface area (Å²) in [5, 5.41) is 13.0. The van der Waals surface area contributed by atoms with Gasteiger partial charge >= 0.3 is 0 Å². The van der Waals surface area contributed by atoms with Crippen molar-refractivity contribution in [1.29, 1.82) is 0 Å². The van der Waals surface area contributed by atoms with Crippen molar-refractivity contribution in [3.63, 3.8) is 0 Å². The monoisotopic (exact) mass is 237 g/mol. The minimum Gasteiger partial charge on any atom is -0.399 e. The van der Waals surface area contributed by atoms with Crippen LogP contribution in [-0.2, 0) is 9.59 Å². The summed E-state index contributed by atoms with van der Waals surface area (Å²) in [5.41, 5.74) is 5.47. The smallest absolute Gasteiger partial charge is 0.292 e. The number of amides is 1. The van der Waals surface area contributed by atoms with Gasteiger partial charge < -0.3 is 11.1 Å². The molecule has 3 N–H and O–H groups in total. The molecule has 0 saturated heterocycles. The van der Waals surface area contributed by atoms with Crippen LogP contribution in [0.5, 0.6) is 0 Å². The third kappa shape index (κ3) is 3.56. The molecule has 0 spiro atoms. The van der Waals surface area contributed by atoms with Gasteiger partial charge in [0, 0.05) is 11.8 Å². The van der Waals surface area contributed by atoms with E-state index in [1.807, 2.05) is 0 Å². The number of carbonyl (C=O) groups excluding carboxylic acids is 2. The Morgan fingerprint density at radius 1 is 1.47 bits per heavy atom. The maximum Gasteiger partial charge on any atom is 0.292 e. The lowest BCUT2D eigenvalue weighted by Crippen LogP contribution is -2.15. The molecule has 90 valence electrons. The van der Waals surface area contributed by atoms with E-state index in [4.69, 9.17) is 5.73 Å². The van der Waals surface area contributed by atoms with Crippen LogP contribution in [0, 0.1) is 10.1 Å². The van der Waals surface area contributed by atoms with Gasteiger partial charge in [-0.15, -0.1) is 0 Å². The number of nitrogen functional groups attached to an aromatic ring is 1. The van der Waals surface area contributed by atoms with E-state index >= 15 is 0 Å². The summed E-state index contributed by atoms with van der Waals surface area (Å²) in [6, 6.07) is 3.83. The molecule has 0 aliphatic rings. The van der Waals surface area contributed by atoms with Gasteiger partial charge in [0.2, 0.25) is 5.91 Å². The summed E-state index contributed by atoms with van der Waals surface area (Å²) < 4.78 is 0. The zero-order valence-corrected chi connectivity index (χ0v) is 9.10. The number of hydrogen-bond acceptors (Lipinski definition) is 5. The Morgan fingerprint density at radius 3 is 2.65 bits per heavy atom. The van der Waals surface area contributed by atoms with Gasteiger partial charge in [0.05, 0.1) is 11.3 Å². The second-order valence-corrected chi connectivity index (χ2v) is 3.46. The summed E-state index contributed by atoms with van der Waals surface area (Å²) >= 11 is 0. The second kappa shape index (κ2) is 5.06. The van der Waals surface area contributed by atoms with E-state index in [2.05, 4.69) is 5.32 Å². The van der Waals surface area contributed by atoms with Gasteiger partial charge in [-0.3, -0.25) is 19.7 Å². The average molecular weight is 237 g/mol. The second-order valence-electron chi connectivity index (χ2n) is 3.46. The number of rotatable bonds is 4. The van der Waals surface area contributed by atoms with Gasteiger partial charge in [0.15, 0.2) is 0 Å². The van der Waals surface area contributed by atoms with Gasteiger partial charge in [-0.25, -0.2) is 0 Å². The van der Waals surface area contributed by atoms with Crippen LogP contribution in [0.1, 0.15) is 13.3 Å². The third-order valence-corrected chi connectivity index (χ3v) is 1.90. The van der Waals surface area contributed by atoms with E-state index in [1.165, 1.54) is 25.1 Å². The molecule has 17 heavy (non-hydrogen) atoms. The minimum atomic E-state index is -0.636. The summed E-state index contributed by atoms with van der Waals surface area (Å²) in [7, 11) is 0. The normalized spacial score (nSPS) is 9.71. The number of benzene rings is 1. The third-order valence-electron chi connectivity index (χ3n) is 1.90. The zero-order valence-electron chi connectivity index (χ0n) is 9.10. The molecule has 1 aromatic carbocycles. The number of nitrogens with one attached hydrogen (secondary N) is 1. The Morgan fingerprint density at radius 2 is 2.12 bits per heavy atom. The van der Waals surface area contributed by atoms with Gasteiger partial charge in [0.25, 0.3) is 5.69 Å². The molecule has 1 amide bonds. The molecular weight excluding hydrogens is 226 g/mol. The Kier molecular flexibility index (Phi) is 3.76. The van der Waals surface area contributed by atoms with Gasteiger partial charge in [-0.2, -0.15) is 0 Å². The predicted molar refractivity (Wildman–Crippen MR) is 61.4 cm³/mol. The van der Waals surface area contributed by atoms with Crippen molar-refractivity contribution in [2.75, 3.05) is 11.1 Å². The first-order valence-electron chi connectivity index (χ1n) is 4.73. The average Bonchev–Trinajstić information content (AvgIpc) is 2.15. The van der Waals surface area contributed by atoms with E-state index < -0.39 is 10.8 Å². The molecule has 1 aromatic rings. The van der Waals surface area contributed by atoms with Crippen molar-refractivity contribution in [2.45, 2.75) is 13.3 Å². The standard InChI is InChI=1S/C10H11N3O4/c1-6(14)4-10(15)12-8-5-7(11)2-3-9(8)13(16)17/h2-3,5H,4,11H2,1H3,(H,12,15). The maximum absolute atomic E-state index is 11.3. The molecule has 0 aliphatic carbocycles. The topological polar surface area (TPSA) is 115 Å². The van der Waals surface area contributed by atoms with Crippen LogP contribution >= 0.6 is 0 Å². The number of carbonyl (C=O) groups is 2. The lowest BCUT2D eigenvalue weighted by Gasteiger charge is -2.05. The summed E-state index contributed by atoms with van der Waals surface area (Å²) in [4.78, 5) is 32.1. The van der Waals surface area contributed by atoms with Crippen molar-refractivity contribution >= 4 is 28.8 Å². The Bertz CT molecular complexity index is 484. The van der Waals surface area contributed by atoms with E-state index in [0.717, 1.165) is 0 Å². The summed E-state index contributed by atoms with van der Waals surface area (Å²) in [5.74, 6) is -0.930. The predicted octanol–water partition coefficient (Wildman–Crippen LogP) is 1.09. The highest BCUT2D eigenvalue weighted by molar-refractivity contribution is 6.04. The molecule has 0 heterocycles. The molecular formula is C10H11N3O4. The molecule has 0 radical (unpaired) electrons. The fourth-order valence-electron chi connectivity index (χ4n) is 1.23. The van der Waals surface area contributed by atoms with Gasteiger partial charge in [-0.1, -0.05) is 0 Å². The molecule has 0 fully saturated rings. The summed E-state index contributed by atoms with van der Waals surface area (Å²) in [6.45, 7) is 1.26. The number of Topliss-reactive ketones (excluding diaryl/α,β-unsaturated/α-hetero) is 1. The molecule has 7 heteroatoms. The van der Waals surface area contributed by atoms with E-state index in [0.29, 0.717) is 0 Å². The fourth-order valence-corrected chi connectivity index (χ4v) is 1.23. The summed E-state index contributed by atoms with van der Waals surface area (Å²) in [6.07, 6.45) is -0.327. The van der Waals surface area contributed by atoms with Crippen LogP contribution in [0.3, 0.4) is 0 Å². The van der Waals surface area contributed by atoms with Crippen molar-refractivity contribution < 1.29 is 14.5 Å². The lowest BCUT2D eigenvalue weighted by molar-refractivity contribution is -0.383. The largest absolute Gasteiger partial charge is 0.399 e. The lowest BCUT2D eigenvalue weighted by atomic mass is 10.2. The van der Waals surface area contributed by atoms with Gasteiger partial charge in [-0.05, 0) is 19.1 Å². The highest BCUT2D eigenvalue weighted by atomic mass is 16.6. The first-order chi connectivity index (χ1) is 7.90. The van der Waals surface area contributed by atoms with Crippen LogP contribution in [0.4, 0.5) is 17.1 Å². The first kappa shape index (κ1) is 12.6. The molecule has 0 bridgehead atoms. The number of anilines is 2. The van der Waals surface area contributed by atoms with E-state index in [1.54, 1.807) is 0 Å². The number of hydrogen-bond donors (Lipinski definition) is 2. The quantitative estimate of drug-likeness (QED) is 0.352. The number of nitro groups is 1. The number of nitrogens with zero attached hydrogens (tertiary/aromatic N) is 1. The highest BCUT2D eigenvalue weighted by Crippen LogP contribution is 2.26. The SMILES string of the molecule is CC(=O)CC(=O)Nc1cc(N)ccc1[N+](=O)[O-]. The number of ketones is 1. The van der Waals surface area contributed by atoms with Crippen LogP contribution < -0.4 is 11.1 Å². The molecule has 1 rings (SSSR count). The maximum atomic E-state index is 11.3. The first-order valence-corrected chi connectivity index (χ1v) is 4.73. The molecule has 0 aliphatic heterocycles. The number of nitrogens with two attached hydrogens (primary N) is 1. The zero-order chi connectivity index (χ0) is 13.0. The van der Waals surface area contributed by atoms with Crippen molar-refractivity contribution in [1.82, 2.24) is 0 Å². The van der Waals surface area contributed by atoms with Crippen molar-refractivity contribution in [3.8, 4) is 0 Å². The minimum absolute atomic E-state index is 0.0127. The Labute approximate surface area is 96.8 Å². The molecule has 0 aromatic heterocycles. The van der Waals surface area contributed by atoms with Crippen molar-refractivity contribution in [3.05, 3.63) is 28.3 Å².